The van der Waals surface area contributed by atoms with E-state index in [9.17, 15) is 4.79 Å². The smallest absolute Gasteiger partial charge is 0.246 e. The molecular formula is C20H25N3O2. The first-order valence-electron chi connectivity index (χ1n) is 8.60. The number of amides is 1. The van der Waals surface area contributed by atoms with Crippen LogP contribution in [-0.4, -0.2) is 51.2 Å². The Hall–Kier alpha value is -2.37. The van der Waals surface area contributed by atoms with Gasteiger partial charge in [-0.05, 0) is 37.9 Å². The molecule has 1 aliphatic heterocycles. The fourth-order valence-corrected chi connectivity index (χ4v) is 3.13. The first-order valence-corrected chi connectivity index (χ1v) is 8.60. The van der Waals surface area contributed by atoms with Gasteiger partial charge in [0.15, 0.2) is 0 Å². The molecule has 5 nitrogen and oxygen atoms in total. The van der Waals surface area contributed by atoms with Gasteiger partial charge in [0.25, 0.3) is 0 Å². The summed E-state index contributed by atoms with van der Waals surface area (Å²) >= 11 is 0. The van der Waals surface area contributed by atoms with Crippen LogP contribution in [0.25, 0.3) is 0 Å². The lowest BCUT2D eigenvalue weighted by molar-refractivity contribution is -0.120. The highest BCUT2D eigenvalue weighted by Crippen LogP contribution is 2.23. The molecule has 0 aromatic heterocycles. The van der Waals surface area contributed by atoms with Crippen LogP contribution in [0, 0.1) is 0 Å². The fraction of sp³-hybridized carbons (Fsp3) is 0.350. The SMILES string of the molecule is CN(C)C(C(=O)Nc1cccc(N2CCOCC2)c1)c1ccccc1. The molecule has 1 amide bonds. The molecule has 3 rings (SSSR count). The number of likely N-dealkylation sites (N-methyl/N-ethyl adjacent to an activating group) is 1. The maximum atomic E-state index is 12.9. The summed E-state index contributed by atoms with van der Waals surface area (Å²) in [7, 11) is 3.84. The minimum atomic E-state index is -0.326. The first kappa shape index (κ1) is 17.5. The van der Waals surface area contributed by atoms with E-state index in [4.69, 9.17) is 4.74 Å². The number of anilines is 2. The van der Waals surface area contributed by atoms with Crippen LogP contribution < -0.4 is 10.2 Å². The predicted octanol–water partition coefficient (Wildman–Crippen LogP) is 2.76. The molecule has 1 atom stereocenters. The number of ether oxygens (including phenoxy) is 1. The van der Waals surface area contributed by atoms with Gasteiger partial charge in [-0.25, -0.2) is 0 Å². The Balaban J connectivity index is 1.75. The second kappa shape index (κ2) is 8.14. The number of hydrogen-bond donors (Lipinski definition) is 1. The van der Waals surface area contributed by atoms with Crippen LogP contribution in [-0.2, 0) is 9.53 Å². The molecule has 1 N–H and O–H groups in total. The van der Waals surface area contributed by atoms with E-state index in [1.165, 1.54) is 0 Å². The van der Waals surface area contributed by atoms with Crippen molar-refractivity contribution in [2.24, 2.45) is 0 Å². The molecule has 0 radical (unpaired) electrons. The molecule has 2 aromatic carbocycles. The van der Waals surface area contributed by atoms with Crippen molar-refractivity contribution >= 4 is 17.3 Å². The van der Waals surface area contributed by atoms with Gasteiger partial charge in [0.1, 0.15) is 6.04 Å². The molecule has 0 saturated carbocycles. The van der Waals surface area contributed by atoms with Crippen LogP contribution in [0.15, 0.2) is 54.6 Å². The summed E-state index contributed by atoms with van der Waals surface area (Å²) in [5.41, 5.74) is 2.91. The Bertz CT molecular complexity index is 697. The Morgan fingerprint density at radius 3 is 2.48 bits per heavy atom. The largest absolute Gasteiger partial charge is 0.378 e. The van der Waals surface area contributed by atoms with Gasteiger partial charge in [0, 0.05) is 24.5 Å². The highest BCUT2D eigenvalue weighted by atomic mass is 16.5. The van der Waals surface area contributed by atoms with E-state index in [1.54, 1.807) is 0 Å². The number of nitrogens with zero attached hydrogens (tertiary/aromatic N) is 2. The molecule has 25 heavy (non-hydrogen) atoms. The minimum absolute atomic E-state index is 0.0321. The standard InChI is InChI=1S/C20H25N3O2/c1-22(2)19(16-7-4-3-5-8-16)20(24)21-17-9-6-10-18(15-17)23-11-13-25-14-12-23/h3-10,15,19H,11-14H2,1-2H3,(H,21,24). The van der Waals surface area contributed by atoms with E-state index in [0.717, 1.165) is 43.2 Å². The third kappa shape index (κ3) is 4.38. The molecule has 1 heterocycles. The summed E-state index contributed by atoms with van der Waals surface area (Å²) in [5.74, 6) is -0.0321. The van der Waals surface area contributed by atoms with Crippen molar-refractivity contribution in [2.75, 3.05) is 50.6 Å². The Morgan fingerprint density at radius 2 is 1.80 bits per heavy atom. The highest BCUT2D eigenvalue weighted by Gasteiger charge is 2.23. The number of hydrogen-bond acceptors (Lipinski definition) is 4. The number of morpholine rings is 1. The second-order valence-electron chi connectivity index (χ2n) is 6.42. The summed E-state index contributed by atoms with van der Waals surface area (Å²) in [5, 5.41) is 3.06. The number of carbonyl (C=O) groups excluding carboxylic acids is 1. The van der Waals surface area contributed by atoms with Gasteiger partial charge in [0.05, 0.1) is 13.2 Å². The third-order valence-corrected chi connectivity index (χ3v) is 4.37. The molecule has 1 fully saturated rings. The van der Waals surface area contributed by atoms with Gasteiger partial charge in [-0.15, -0.1) is 0 Å². The molecule has 0 bridgehead atoms. The van der Waals surface area contributed by atoms with Crippen molar-refractivity contribution in [1.82, 2.24) is 4.90 Å². The molecular weight excluding hydrogens is 314 g/mol. The lowest BCUT2D eigenvalue weighted by atomic mass is 10.1. The molecule has 1 saturated heterocycles. The van der Waals surface area contributed by atoms with E-state index < -0.39 is 0 Å². The quantitative estimate of drug-likeness (QED) is 0.910. The normalized spacial score (nSPS) is 15.9. The van der Waals surface area contributed by atoms with Crippen molar-refractivity contribution in [2.45, 2.75) is 6.04 Å². The monoisotopic (exact) mass is 339 g/mol. The van der Waals surface area contributed by atoms with Gasteiger partial charge in [-0.1, -0.05) is 36.4 Å². The minimum Gasteiger partial charge on any atom is -0.378 e. The molecule has 5 heteroatoms. The zero-order chi connectivity index (χ0) is 17.6. The van der Waals surface area contributed by atoms with Crippen LogP contribution in [0.3, 0.4) is 0 Å². The molecule has 2 aromatic rings. The van der Waals surface area contributed by atoms with Gasteiger partial charge < -0.3 is 15.0 Å². The number of nitrogens with one attached hydrogen (secondary N) is 1. The van der Waals surface area contributed by atoms with Crippen LogP contribution in [0.1, 0.15) is 11.6 Å². The highest BCUT2D eigenvalue weighted by molar-refractivity contribution is 5.95. The van der Waals surface area contributed by atoms with Crippen LogP contribution >= 0.6 is 0 Å². The van der Waals surface area contributed by atoms with Crippen LogP contribution in [0.2, 0.25) is 0 Å². The average molecular weight is 339 g/mol. The summed E-state index contributed by atoms with van der Waals surface area (Å²) in [6.45, 7) is 3.24. The van der Waals surface area contributed by atoms with Crippen LogP contribution in [0.4, 0.5) is 11.4 Å². The van der Waals surface area contributed by atoms with Crippen molar-refractivity contribution in [3.05, 3.63) is 60.2 Å². The van der Waals surface area contributed by atoms with Crippen molar-refractivity contribution in [3.8, 4) is 0 Å². The van der Waals surface area contributed by atoms with Crippen molar-refractivity contribution in [1.29, 1.82) is 0 Å². The van der Waals surface area contributed by atoms with E-state index >= 15 is 0 Å². The second-order valence-corrected chi connectivity index (χ2v) is 6.42. The van der Waals surface area contributed by atoms with Crippen molar-refractivity contribution in [3.63, 3.8) is 0 Å². The number of carbonyl (C=O) groups is 1. The summed E-state index contributed by atoms with van der Waals surface area (Å²) in [4.78, 5) is 17.1. The van der Waals surface area contributed by atoms with E-state index in [-0.39, 0.29) is 11.9 Å². The van der Waals surface area contributed by atoms with Gasteiger partial charge >= 0.3 is 0 Å². The lowest BCUT2D eigenvalue weighted by Gasteiger charge is -2.29. The van der Waals surface area contributed by atoms with E-state index in [1.807, 2.05) is 67.5 Å². The van der Waals surface area contributed by atoms with E-state index in [0.29, 0.717) is 0 Å². The van der Waals surface area contributed by atoms with E-state index in [2.05, 4.69) is 16.3 Å². The van der Waals surface area contributed by atoms with Crippen LogP contribution in [0.5, 0.6) is 0 Å². The maximum absolute atomic E-state index is 12.9. The van der Waals surface area contributed by atoms with Gasteiger partial charge in [-0.2, -0.15) is 0 Å². The summed E-state index contributed by atoms with van der Waals surface area (Å²) in [6, 6.07) is 17.5. The summed E-state index contributed by atoms with van der Waals surface area (Å²) < 4.78 is 5.41. The number of rotatable bonds is 5. The van der Waals surface area contributed by atoms with Gasteiger partial charge in [0.2, 0.25) is 5.91 Å². The Kier molecular flexibility index (Phi) is 5.68. The lowest BCUT2D eigenvalue weighted by Crippen LogP contribution is -2.36. The summed E-state index contributed by atoms with van der Waals surface area (Å²) in [6.07, 6.45) is 0. The zero-order valence-corrected chi connectivity index (χ0v) is 14.8. The van der Waals surface area contributed by atoms with Gasteiger partial charge in [-0.3, -0.25) is 9.69 Å². The molecule has 0 spiro atoms. The predicted molar refractivity (Wildman–Crippen MR) is 101 cm³/mol. The number of benzene rings is 2. The maximum Gasteiger partial charge on any atom is 0.246 e. The average Bonchev–Trinajstić information content (AvgIpc) is 2.63. The molecule has 1 unspecified atom stereocenters. The molecule has 1 aliphatic rings. The Labute approximate surface area is 149 Å². The van der Waals surface area contributed by atoms with Crippen molar-refractivity contribution < 1.29 is 9.53 Å². The zero-order valence-electron chi connectivity index (χ0n) is 14.8. The fourth-order valence-electron chi connectivity index (χ4n) is 3.13. The molecule has 0 aliphatic carbocycles. The third-order valence-electron chi connectivity index (χ3n) is 4.37. The Morgan fingerprint density at radius 1 is 1.08 bits per heavy atom. The topological polar surface area (TPSA) is 44.8 Å². The first-order chi connectivity index (χ1) is 12.1. The molecule has 132 valence electrons.